The third-order valence-corrected chi connectivity index (χ3v) is 11.5. The van der Waals surface area contributed by atoms with E-state index in [1.54, 1.807) is 0 Å². The average Bonchev–Trinajstić information content (AvgIpc) is 3.48. The number of aliphatic hydroxyl groups excluding tert-OH is 1. The molecule has 0 unspecified atom stereocenters. The summed E-state index contributed by atoms with van der Waals surface area (Å²) in [7, 11) is 0. The molecule has 2 aromatic carbocycles. The Hall–Kier alpha value is -3.18. The van der Waals surface area contributed by atoms with Gasteiger partial charge in [0.1, 0.15) is 0 Å². The second kappa shape index (κ2) is 17.6. The van der Waals surface area contributed by atoms with Gasteiger partial charge >= 0.3 is 0 Å². The van der Waals surface area contributed by atoms with Crippen LogP contribution in [0.15, 0.2) is 66.7 Å². The second-order valence-electron chi connectivity index (χ2n) is 15.2. The average molecular weight is 880 g/mol. The fraction of sp³-hybridized carbons (Fsp3) is 0.444. The van der Waals surface area contributed by atoms with Crippen molar-refractivity contribution in [3.8, 4) is 22.5 Å². The Kier molecular flexibility index (Phi) is 14.0. The Morgan fingerprint density at radius 3 is 2.20 bits per heavy atom. The molecular weight excluding hydrogens is 825 g/mol. The molecule has 3 heterocycles. The Morgan fingerprint density at radius 1 is 0.902 bits per heavy atom. The van der Waals surface area contributed by atoms with Gasteiger partial charge in [0.25, 0.3) is 0 Å². The SMILES string of the molecule is CC(C)Cc1ccnc2c1CCc1sc3c(-c4[c-]c5ccccc5c(C(C)(C)C)c4)nccc3c1-2.CCC(CC)C(=O)/C=C(\O)C(CC)CC.[Ir]. The predicted octanol–water partition coefficient (Wildman–Crippen LogP) is 12.4. The number of allylic oxidation sites excluding steroid dienone is 2. The molecule has 3 aromatic heterocycles. The van der Waals surface area contributed by atoms with Crippen LogP contribution in [0, 0.1) is 23.8 Å². The minimum Gasteiger partial charge on any atom is -0.512 e. The van der Waals surface area contributed by atoms with Gasteiger partial charge in [-0.25, -0.2) is 0 Å². The third kappa shape index (κ3) is 8.90. The monoisotopic (exact) mass is 880 g/mol. The molecule has 0 bridgehead atoms. The van der Waals surface area contributed by atoms with E-state index in [-0.39, 0.29) is 48.9 Å². The largest absolute Gasteiger partial charge is 0.512 e. The molecule has 0 spiro atoms. The van der Waals surface area contributed by atoms with Crippen LogP contribution in [0.25, 0.3) is 43.4 Å². The molecule has 1 N–H and O–H groups in total. The molecule has 0 atom stereocenters. The van der Waals surface area contributed by atoms with Gasteiger partial charge in [-0.05, 0) is 84.9 Å². The quantitative estimate of drug-likeness (QED) is 0.0862. The van der Waals surface area contributed by atoms with Gasteiger partial charge in [0.05, 0.1) is 11.5 Å². The summed E-state index contributed by atoms with van der Waals surface area (Å²) in [6.45, 7) is 19.5. The maximum Gasteiger partial charge on any atom is 0.162 e. The number of pyridine rings is 2. The first-order chi connectivity index (χ1) is 23.9. The summed E-state index contributed by atoms with van der Waals surface area (Å²) in [6.07, 6.45) is 12.1. The first kappa shape index (κ1) is 40.6. The smallest absolute Gasteiger partial charge is 0.162 e. The number of benzene rings is 2. The van der Waals surface area contributed by atoms with E-state index in [0.717, 1.165) is 61.6 Å². The summed E-state index contributed by atoms with van der Waals surface area (Å²) in [6, 6.07) is 19.0. The van der Waals surface area contributed by atoms with Crippen LogP contribution in [0.2, 0.25) is 0 Å². The molecule has 0 amide bonds. The molecule has 6 heteroatoms. The van der Waals surface area contributed by atoms with Crippen LogP contribution in [0.4, 0.5) is 0 Å². The van der Waals surface area contributed by atoms with E-state index in [4.69, 9.17) is 9.97 Å². The van der Waals surface area contributed by atoms with E-state index in [2.05, 4.69) is 83.1 Å². The summed E-state index contributed by atoms with van der Waals surface area (Å²) < 4.78 is 1.26. The van der Waals surface area contributed by atoms with Crippen molar-refractivity contribution in [2.24, 2.45) is 17.8 Å². The number of thiophene rings is 1. The Morgan fingerprint density at radius 2 is 1.55 bits per heavy atom. The van der Waals surface area contributed by atoms with Crippen molar-refractivity contribution in [1.29, 1.82) is 0 Å². The van der Waals surface area contributed by atoms with E-state index in [9.17, 15) is 9.90 Å². The van der Waals surface area contributed by atoms with Crippen LogP contribution in [-0.2, 0) is 49.6 Å². The molecule has 0 saturated heterocycles. The van der Waals surface area contributed by atoms with Crippen LogP contribution in [0.3, 0.4) is 0 Å². The number of aromatic nitrogens is 2. The summed E-state index contributed by atoms with van der Waals surface area (Å²) >= 11 is 1.90. The molecule has 1 radical (unpaired) electrons. The van der Waals surface area contributed by atoms with Crippen molar-refractivity contribution < 1.29 is 30.0 Å². The molecule has 5 aromatic rings. The van der Waals surface area contributed by atoms with Crippen molar-refractivity contribution in [1.82, 2.24) is 9.97 Å². The first-order valence-corrected chi connectivity index (χ1v) is 19.5. The van der Waals surface area contributed by atoms with Crippen molar-refractivity contribution >= 4 is 38.0 Å². The van der Waals surface area contributed by atoms with E-state index in [0.29, 0.717) is 5.92 Å². The number of aliphatic hydroxyl groups is 1. The van der Waals surface area contributed by atoms with Crippen LogP contribution in [-0.4, -0.2) is 20.9 Å². The first-order valence-electron chi connectivity index (χ1n) is 18.7. The number of carbonyl (C=O) groups excluding carboxylic acids is 1. The van der Waals surface area contributed by atoms with E-state index >= 15 is 0 Å². The van der Waals surface area contributed by atoms with Gasteiger partial charge in [0.15, 0.2) is 5.78 Å². The van der Waals surface area contributed by atoms with Gasteiger partial charge in [-0.15, -0.1) is 40.5 Å². The van der Waals surface area contributed by atoms with E-state index < -0.39 is 0 Å². The zero-order chi connectivity index (χ0) is 36.2. The van der Waals surface area contributed by atoms with Crippen LogP contribution < -0.4 is 0 Å². The van der Waals surface area contributed by atoms with Crippen molar-refractivity contribution in [2.45, 2.75) is 113 Å². The van der Waals surface area contributed by atoms with Crippen molar-refractivity contribution in [2.75, 3.05) is 0 Å². The Balaban J connectivity index is 0.000000312. The fourth-order valence-corrected chi connectivity index (χ4v) is 8.65. The van der Waals surface area contributed by atoms with Gasteiger partial charge in [-0.2, -0.15) is 0 Å². The van der Waals surface area contributed by atoms with E-state index in [1.165, 1.54) is 54.4 Å². The van der Waals surface area contributed by atoms with Crippen molar-refractivity contribution in [3.63, 3.8) is 0 Å². The van der Waals surface area contributed by atoms with Crippen LogP contribution in [0.5, 0.6) is 0 Å². The molecule has 6 rings (SSSR count). The molecule has 51 heavy (non-hydrogen) atoms. The molecular formula is C45H55IrN2O2S-. The standard InChI is InChI=1S/C32H31N2S.C13H24O2.Ir/c1-19(2)16-21-12-14-34-30-24(21)10-11-27-28(30)25-13-15-33-29(31(25)35-27)22-17-20-8-6-7-9-23(20)26(18-22)32(3,4)5;1-5-10(6-2)12(14)9-13(15)11(7-3)8-4;/h6-9,12-15,18-19H,10-11,16H2,1-5H3;9-11,14H,5-8H2,1-4H3;/q-1;;/b;12-9-;. The predicted molar refractivity (Wildman–Crippen MR) is 213 cm³/mol. The number of hydrogen-bond acceptors (Lipinski definition) is 5. The number of aryl methyl sites for hydroxylation is 1. The molecule has 273 valence electrons. The number of fused-ring (bicyclic) bond motifs is 6. The van der Waals surface area contributed by atoms with Crippen LogP contribution >= 0.6 is 11.3 Å². The maximum absolute atomic E-state index is 11.7. The Bertz CT molecular complexity index is 1990. The number of rotatable bonds is 10. The molecule has 0 saturated carbocycles. The van der Waals surface area contributed by atoms with Crippen molar-refractivity contribution in [3.05, 3.63) is 94.3 Å². The fourth-order valence-electron chi connectivity index (χ4n) is 7.35. The molecule has 1 aliphatic carbocycles. The van der Waals surface area contributed by atoms with E-state index in [1.807, 2.05) is 51.4 Å². The summed E-state index contributed by atoms with van der Waals surface area (Å²) in [5.41, 5.74) is 8.91. The van der Waals surface area contributed by atoms with Gasteiger partial charge in [-0.1, -0.05) is 91.5 Å². The number of carbonyl (C=O) groups is 1. The third-order valence-electron chi connectivity index (χ3n) is 10.2. The van der Waals surface area contributed by atoms with Gasteiger partial charge < -0.3 is 5.11 Å². The van der Waals surface area contributed by atoms with Gasteiger partial charge in [0, 0.05) is 71.2 Å². The number of hydrogen-bond donors (Lipinski definition) is 1. The maximum atomic E-state index is 11.7. The van der Waals surface area contributed by atoms with Crippen LogP contribution in [0.1, 0.15) is 110 Å². The molecule has 4 nitrogen and oxygen atoms in total. The number of nitrogens with zero attached hydrogens (tertiary/aromatic N) is 2. The molecule has 1 aliphatic rings. The Labute approximate surface area is 323 Å². The summed E-state index contributed by atoms with van der Waals surface area (Å²) in [4.78, 5) is 23.0. The minimum atomic E-state index is 0. The molecule has 0 fully saturated rings. The number of ketones is 1. The summed E-state index contributed by atoms with van der Waals surface area (Å²) in [5.74, 6) is 1.18. The van der Waals surface area contributed by atoms with Gasteiger partial charge in [-0.3, -0.25) is 14.8 Å². The van der Waals surface area contributed by atoms with Gasteiger partial charge in [0.2, 0.25) is 0 Å². The second-order valence-corrected chi connectivity index (χ2v) is 16.3. The minimum absolute atomic E-state index is 0. The topological polar surface area (TPSA) is 63.1 Å². The zero-order valence-corrected chi connectivity index (χ0v) is 35.2. The molecule has 0 aliphatic heterocycles. The zero-order valence-electron chi connectivity index (χ0n) is 31.9. The summed E-state index contributed by atoms with van der Waals surface area (Å²) in [5, 5.41) is 13.5. The normalized spacial score (nSPS) is 12.9.